The Bertz CT molecular complexity index is 708. The van der Waals surface area contributed by atoms with E-state index in [0.29, 0.717) is 31.0 Å². The third-order valence-corrected chi connectivity index (χ3v) is 4.48. The fourth-order valence-corrected chi connectivity index (χ4v) is 2.51. The molecule has 0 fully saturated rings. The summed E-state index contributed by atoms with van der Waals surface area (Å²) in [4.78, 5) is 23.4. The van der Waals surface area contributed by atoms with Crippen molar-refractivity contribution in [3.05, 3.63) is 36.2 Å². The number of carboxylic acids is 1. The molecule has 25 heavy (non-hydrogen) atoms. The maximum absolute atomic E-state index is 12.0. The lowest BCUT2D eigenvalue weighted by Gasteiger charge is -2.26. The Morgan fingerprint density at radius 1 is 1.16 bits per heavy atom. The SMILES string of the molecule is CCC(CC)(CNC(=O)CCc1nnc(-c2ccccc2)o1)C(=O)O. The number of aryl methyl sites for hydroxylation is 1. The second-order valence-electron chi connectivity index (χ2n) is 5.94. The summed E-state index contributed by atoms with van der Waals surface area (Å²) in [6, 6.07) is 9.39. The number of hydrogen-bond acceptors (Lipinski definition) is 5. The highest BCUT2D eigenvalue weighted by atomic mass is 16.4. The second kappa shape index (κ2) is 8.41. The number of aliphatic carboxylic acids is 1. The molecule has 0 radical (unpaired) electrons. The molecule has 0 saturated heterocycles. The van der Waals surface area contributed by atoms with Gasteiger partial charge in [-0.25, -0.2) is 0 Å². The first-order valence-electron chi connectivity index (χ1n) is 8.38. The smallest absolute Gasteiger partial charge is 0.311 e. The first-order chi connectivity index (χ1) is 12.0. The fourth-order valence-electron chi connectivity index (χ4n) is 2.51. The highest BCUT2D eigenvalue weighted by molar-refractivity contribution is 5.79. The molecule has 2 aromatic rings. The van der Waals surface area contributed by atoms with E-state index in [4.69, 9.17) is 4.42 Å². The van der Waals surface area contributed by atoms with Crippen LogP contribution in [-0.4, -0.2) is 33.7 Å². The molecule has 0 saturated carbocycles. The zero-order valence-corrected chi connectivity index (χ0v) is 14.5. The largest absolute Gasteiger partial charge is 0.481 e. The van der Waals surface area contributed by atoms with Gasteiger partial charge in [-0.2, -0.15) is 0 Å². The average molecular weight is 345 g/mol. The van der Waals surface area contributed by atoms with Gasteiger partial charge in [0, 0.05) is 24.9 Å². The summed E-state index contributed by atoms with van der Waals surface area (Å²) < 4.78 is 5.55. The van der Waals surface area contributed by atoms with Crippen molar-refractivity contribution < 1.29 is 19.1 Å². The average Bonchev–Trinajstić information content (AvgIpc) is 3.11. The van der Waals surface area contributed by atoms with Crippen molar-refractivity contribution in [3.8, 4) is 11.5 Å². The molecule has 0 unspecified atom stereocenters. The van der Waals surface area contributed by atoms with Gasteiger partial charge >= 0.3 is 5.97 Å². The number of nitrogens with one attached hydrogen (secondary N) is 1. The van der Waals surface area contributed by atoms with E-state index in [9.17, 15) is 14.7 Å². The molecule has 0 spiro atoms. The Morgan fingerprint density at radius 2 is 1.84 bits per heavy atom. The van der Waals surface area contributed by atoms with Crippen molar-refractivity contribution in [3.63, 3.8) is 0 Å². The lowest BCUT2D eigenvalue weighted by atomic mass is 9.82. The van der Waals surface area contributed by atoms with E-state index in [-0.39, 0.29) is 18.9 Å². The van der Waals surface area contributed by atoms with E-state index < -0.39 is 11.4 Å². The topological polar surface area (TPSA) is 105 Å². The monoisotopic (exact) mass is 345 g/mol. The molecule has 7 nitrogen and oxygen atoms in total. The molecular formula is C18H23N3O4. The quantitative estimate of drug-likeness (QED) is 0.724. The molecule has 0 aliphatic carbocycles. The number of rotatable bonds is 9. The van der Waals surface area contributed by atoms with Crippen LogP contribution in [0.4, 0.5) is 0 Å². The normalized spacial score (nSPS) is 11.3. The molecule has 1 heterocycles. The Hall–Kier alpha value is -2.70. The molecule has 1 aromatic carbocycles. The number of aromatic nitrogens is 2. The summed E-state index contributed by atoms with van der Waals surface area (Å²) in [5, 5.41) is 20.0. The van der Waals surface area contributed by atoms with Crippen molar-refractivity contribution in [2.45, 2.75) is 39.5 Å². The van der Waals surface area contributed by atoms with Gasteiger partial charge in [0.2, 0.25) is 17.7 Å². The lowest BCUT2D eigenvalue weighted by molar-refractivity contribution is -0.149. The maximum atomic E-state index is 12.0. The first kappa shape index (κ1) is 18.6. The minimum atomic E-state index is -0.916. The van der Waals surface area contributed by atoms with E-state index in [1.807, 2.05) is 44.2 Å². The van der Waals surface area contributed by atoms with Crippen molar-refractivity contribution >= 4 is 11.9 Å². The Morgan fingerprint density at radius 3 is 2.44 bits per heavy atom. The first-order valence-corrected chi connectivity index (χ1v) is 8.38. The van der Waals surface area contributed by atoms with Gasteiger partial charge in [-0.05, 0) is 25.0 Å². The van der Waals surface area contributed by atoms with Gasteiger partial charge in [-0.15, -0.1) is 10.2 Å². The number of hydrogen-bond donors (Lipinski definition) is 2. The molecule has 0 bridgehead atoms. The Balaban J connectivity index is 1.86. The van der Waals surface area contributed by atoms with Gasteiger partial charge in [0.1, 0.15) is 0 Å². The fraction of sp³-hybridized carbons (Fsp3) is 0.444. The maximum Gasteiger partial charge on any atom is 0.311 e. The molecule has 2 N–H and O–H groups in total. The van der Waals surface area contributed by atoms with Gasteiger partial charge in [0.15, 0.2) is 0 Å². The minimum Gasteiger partial charge on any atom is -0.481 e. The van der Waals surface area contributed by atoms with Crippen LogP contribution in [0.5, 0.6) is 0 Å². The number of carbonyl (C=O) groups excluding carboxylic acids is 1. The van der Waals surface area contributed by atoms with Crippen LogP contribution in [0.15, 0.2) is 34.7 Å². The van der Waals surface area contributed by atoms with Crippen LogP contribution >= 0.6 is 0 Å². The summed E-state index contributed by atoms with van der Waals surface area (Å²) in [6.45, 7) is 3.74. The zero-order valence-electron chi connectivity index (χ0n) is 14.5. The van der Waals surface area contributed by atoms with Gasteiger partial charge in [-0.3, -0.25) is 9.59 Å². The third-order valence-electron chi connectivity index (χ3n) is 4.48. The van der Waals surface area contributed by atoms with E-state index >= 15 is 0 Å². The molecule has 1 aromatic heterocycles. The van der Waals surface area contributed by atoms with Gasteiger partial charge < -0.3 is 14.8 Å². The molecule has 134 valence electrons. The summed E-state index contributed by atoms with van der Waals surface area (Å²) in [7, 11) is 0. The standard InChI is InChI=1S/C18H23N3O4/c1-3-18(4-2,17(23)24)12-19-14(22)10-11-15-20-21-16(25-15)13-8-6-5-7-9-13/h5-9H,3-4,10-12H2,1-2H3,(H,19,22)(H,23,24). The van der Waals surface area contributed by atoms with E-state index in [1.165, 1.54) is 0 Å². The zero-order chi connectivity index (χ0) is 18.3. The molecule has 1 amide bonds. The number of nitrogens with zero attached hydrogens (tertiary/aromatic N) is 2. The molecule has 0 aliphatic heterocycles. The minimum absolute atomic E-state index is 0.118. The summed E-state index contributed by atoms with van der Waals surface area (Å²) in [6.07, 6.45) is 1.40. The number of carbonyl (C=O) groups is 2. The van der Waals surface area contributed by atoms with Crippen molar-refractivity contribution in [1.82, 2.24) is 15.5 Å². The van der Waals surface area contributed by atoms with Gasteiger partial charge in [0.25, 0.3) is 0 Å². The van der Waals surface area contributed by atoms with Gasteiger partial charge in [-0.1, -0.05) is 32.0 Å². The highest BCUT2D eigenvalue weighted by Crippen LogP contribution is 2.25. The summed E-state index contributed by atoms with van der Waals surface area (Å²) in [5.41, 5.74) is -0.0940. The Kier molecular flexibility index (Phi) is 6.27. The molecule has 7 heteroatoms. The molecule has 0 aliphatic rings. The number of benzene rings is 1. The molecule has 0 atom stereocenters. The third kappa shape index (κ3) is 4.65. The van der Waals surface area contributed by atoms with E-state index in [2.05, 4.69) is 15.5 Å². The van der Waals surface area contributed by atoms with Crippen molar-refractivity contribution in [2.75, 3.05) is 6.54 Å². The van der Waals surface area contributed by atoms with Crippen molar-refractivity contribution in [2.24, 2.45) is 5.41 Å². The predicted octanol–water partition coefficient (Wildman–Crippen LogP) is 2.68. The van der Waals surface area contributed by atoms with Crippen LogP contribution in [-0.2, 0) is 16.0 Å². The molecule has 2 rings (SSSR count). The van der Waals surface area contributed by atoms with Crippen LogP contribution < -0.4 is 5.32 Å². The number of carboxylic acid groups (broad SMARTS) is 1. The predicted molar refractivity (Wildman–Crippen MR) is 91.7 cm³/mol. The van der Waals surface area contributed by atoms with Crippen molar-refractivity contribution in [1.29, 1.82) is 0 Å². The van der Waals surface area contributed by atoms with Crippen LogP contribution in [0.1, 0.15) is 39.0 Å². The van der Waals surface area contributed by atoms with Crippen LogP contribution in [0.25, 0.3) is 11.5 Å². The van der Waals surface area contributed by atoms with Crippen LogP contribution in [0.3, 0.4) is 0 Å². The molecular weight excluding hydrogens is 322 g/mol. The van der Waals surface area contributed by atoms with Gasteiger partial charge in [0.05, 0.1) is 5.41 Å². The van der Waals surface area contributed by atoms with E-state index in [1.54, 1.807) is 0 Å². The summed E-state index contributed by atoms with van der Waals surface area (Å²) >= 11 is 0. The summed E-state index contributed by atoms with van der Waals surface area (Å²) in [5.74, 6) is -0.323. The highest BCUT2D eigenvalue weighted by Gasteiger charge is 2.35. The van der Waals surface area contributed by atoms with Crippen LogP contribution in [0.2, 0.25) is 0 Å². The lowest BCUT2D eigenvalue weighted by Crippen LogP contribution is -2.42. The van der Waals surface area contributed by atoms with Crippen LogP contribution in [0, 0.1) is 5.41 Å². The number of amides is 1. The van der Waals surface area contributed by atoms with E-state index in [0.717, 1.165) is 5.56 Å². The Labute approximate surface area is 146 Å². The second-order valence-corrected chi connectivity index (χ2v) is 5.94.